The van der Waals surface area contributed by atoms with E-state index in [4.69, 9.17) is 21.0 Å². The molecule has 0 radical (unpaired) electrons. The minimum atomic E-state index is -0.547. The number of benzene rings is 1. The zero-order valence-electron chi connectivity index (χ0n) is 18.7. The summed E-state index contributed by atoms with van der Waals surface area (Å²) >= 11 is 0. The molecular formula is C24H27FN6O. The molecule has 3 heterocycles. The van der Waals surface area contributed by atoms with E-state index < -0.39 is 6.10 Å². The maximum Gasteiger partial charge on any atom is 0.166 e. The fourth-order valence-electron chi connectivity index (χ4n) is 4.18. The van der Waals surface area contributed by atoms with Crippen LogP contribution < -0.4 is 15.8 Å². The van der Waals surface area contributed by atoms with Crippen molar-refractivity contribution in [1.82, 2.24) is 20.1 Å². The summed E-state index contributed by atoms with van der Waals surface area (Å²) in [5, 5.41) is 16.8. The van der Waals surface area contributed by atoms with Crippen LogP contribution in [-0.2, 0) is 19.9 Å². The smallest absolute Gasteiger partial charge is 0.166 e. The normalized spacial score (nSPS) is 17.1. The molecule has 0 saturated carbocycles. The van der Waals surface area contributed by atoms with Gasteiger partial charge in [0.1, 0.15) is 11.9 Å². The van der Waals surface area contributed by atoms with Gasteiger partial charge < -0.3 is 15.8 Å². The third-order valence-corrected chi connectivity index (χ3v) is 5.77. The second-order valence-electron chi connectivity index (χ2n) is 7.85. The van der Waals surface area contributed by atoms with Crippen LogP contribution in [0.5, 0.6) is 5.75 Å². The minimum Gasteiger partial charge on any atom is -0.482 e. The summed E-state index contributed by atoms with van der Waals surface area (Å²) in [5.74, 6) is 0.282. The molecule has 0 amide bonds. The summed E-state index contributed by atoms with van der Waals surface area (Å²) in [4.78, 5) is 4.36. The molecule has 2 aromatic heterocycles. The first kappa shape index (κ1) is 21.5. The van der Waals surface area contributed by atoms with Crippen LogP contribution in [0.4, 0.5) is 10.2 Å². The summed E-state index contributed by atoms with van der Waals surface area (Å²) in [6, 6.07) is 6.27. The number of fused-ring (bicyclic) bond motifs is 5. The van der Waals surface area contributed by atoms with Crippen LogP contribution in [0.25, 0.3) is 11.1 Å². The Morgan fingerprint density at radius 1 is 1.38 bits per heavy atom. The lowest BCUT2D eigenvalue weighted by molar-refractivity contribution is 0.227. The number of anilines is 1. The molecule has 4 N–H and O–H groups in total. The monoisotopic (exact) mass is 434 g/mol. The van der Waals surface area contributed by atoms with Crippen molar-refractivity contribution in [3.8, 4) is 16.9 Å². The minimum absolute atomic E-state index is 0.255. The number of pyridine rings is 1. The van der Waals surface area contributed by atoms with Crippen molar-refractivity contribution in [2.45, 2.75) is 32.8 Å². The number of nitrogens with one attached hydrogen (secondary N) is 2. The van der Waals surface area contributed by atoms with Crippen LogP contribution >= 0.6 is 0 Å². The molecule has 0 aliphatic carbocycles. The Bertz CT molecular complexity index is 1230. The summed E-state index contributed by atoms with van der Waals surface area (Å²) in [7, 11) is 3.70. The van der Waals surface area contributed by atoms with Crippen molar-refractivity contribution < 1.29 is 9.13 Å². The molecule has 0 saturated heterocycles. The van der Waals surface area contributed by atoms with Gasteiger partial charge in [-0.05, 0) is 43.2 Å². The largest absolute Gasteiger partial charge is 0.482 e. The lowest BCUT2D eigenvalue weighted by Gasteiger charge is -2.22. The molecular weight excluding hydrogens is 407 g/mol. The number of nitrogen functional groups attached to an aromatic ring is 1. The predicted octanol–water partition coefficient (Wildman–Crippen LogP) is 3.93. The van der Waals surface area contributed by atoms with E-state index in [1.54, 1.807) is 19.3 Å². The van der Waals surface area contributed by atoms with Gasteiger partial charge in [-0.15, -0.1) is 0 Å². The molecule has 0 unspecified atom stereocenters. The number of nitrogens with two attached hydrogens (primary N) is 1. The molecule has 166 valence electrons. The van der Waals surface area contributed by atoms with E-state index in [1.165, 1.54) is 12.1 Å². The van der Waals surface area contributed by atoms with Gasteiger partial charge in [0.2, 0.25) is 0 Å². The number of allylic oxidation sites excluding steroid dienone is 1. The lowest BCUT2D eigenvalue weighted by Crippen LogP contribution is -2.17. The molecule has 4 rings (SSSR count). The highest BCUT2D eigenvalue weighted by Gasteiger charge is 2.25. The van der Waals surface area contributed by atoms with Gasteiger partial charge in [0.05, 0.1) is 17.1 Å². The predicted molar refractivity (Wildman–Crippen MR) is 123 cm³/mol. The SMILES string of the molecule is CCc1nn(C)c2c1-c1cnc(N)c(c1)O[C@H](C)c1cc(F)ccc1C(=N)/C(=C\NC)C2. The van der Waals surface area contributed by atoms with Crippen molar-refractivity contribution in [3.05, 3.63) is 70.6 Å². The zero-order chi connectivity index (χ0) is 23.0. The van der Waals surface area contributed by atoms with Gasteiger partial charge in [0, 0.05) is 55.2 Å². The van der Waals surface area contributed by atoms with Gasteiger partial charge in [-0.25, -0.2) is 9.37 Å². The number of rotatable bonds is 2. The zero-order valence-corrected chi connectivity index (χ0v) is 18.7. The number of aromatic nitrogens is 3. The quantitative estimate of drug-likeness (QED) is 0.567. The molecule has 2 bridgehead atoms. The molecule has 1 aliphatic rings. The number of ether oxygens (including phenoxy) is 1. The average molecular weight is 435 g/mol. The standard InChI is InChI=1S/C24H27FN6O/c1-5-19-22-14-9-21(24(27)29-12-14)32-13(2)18-10-16(25)6-7-17(18)23(26)15(11-28-3)8-20(22)31(4)30-19/h6-7,9-13,26,28H,5,8H2,1-4H3,(H2,27,29)/b15-11-,26-23?/t13-/m1/s1. The Kier molecular flexibility index (Phi) is 5.69. The Hall–Kier alpha value is -3.68. The highest BCUT2D eigenvalue weighted by Crippen LogP contribution is 2.37. The molecule has 1 aromatic carbocycles. The molecule has 32 heavy (non-hydrogen) atoms. The van der Waals surface area contributed by atoms with Crippen LogP contribution in [0.2, 0.25) is 0 Å². The Balaban J connectivity index is 2.02. The first-order valence-electron chi connectivity index (χ1n) is 10.6. The highest BCUT2D eigenvalue weighted by atomic mass is 19.1. The second kappa shape index (κ2) is 8.45. The van der Waals surface area contributed by atoms with Crippen LogP contribution in [0.15, 0.2) is 42.2 Å². The van der Waals surface area contributed by atoms with Crippen molar-refractivity contribution >= 4 is 11.5 Å². The summed E-state index contributed by atoms with van der Waals surface area (Å²) in [5.41, 5.74) is 12.0. The number of aryl methyl sites for hydroxylation is 2. The summed E-state index contributed by atoms with van der Waals surface area (Å²) in [6.07, 6.45) is 4.19. The molecule has 0 fully saturated rings. The number of halogens is 1. The van der Waals surface area contributed by atoms with Gasteiger partial charge in [0.25, 0.3) is 0 Å². The second-order valence-corrected chi connectivity index (χ2v) is 7.85. The van der Waals surface area contributed by atoms with Crippen LogP contribution in [-0.4, -0.2) is 27.5 Å². The van der Waals surface area contributed by atoms with Gasteiger partial charge in [0.15, 0.2) is 11.6 Å². The first-order chi connectivity index (χ1) is 15.3. The summed E-state index contributed by atoms with van der Waals surface area (Å²) < 4.78 is 22.2. The molecule has 8 heteroatoms. The van der Waals surface area contributed by atoms with E-state index >= 15 is 0 Å². The Morgan fingerprint density at radius 2 is 2.16 bits per heavy atom. The van der Waals surface area contributed by atoms with Gasteiger partial charge in [-0.1, -0.05) is 6.92 Å². The third kappa shape index (κ3) is 3.72. The maximum atomic E-state index is 14.2. The van der Waals surface area contributed by atoms with E-state index in [-0.39, 0.29) is 11.6 Å². The fraction of sp³-hybridized carbons (Fsp3) is 0.292. The van der Waals surface area contributed by atoms with E-state index in [1.807, 2.05) is 30.9 Å². The molecule has 1 atom stereocenters. The van der Waals surface area contributed by atoms with Crippen LogP contribution in [0.1, 0.15) is 42.5 Å². The molecule has 3 aromatic rings. The van der Waals surface area contributed by atoms with E-state index in [2.05, 4.69) is 17.2 Å². The lowest BCUT2D eigenvalue weighted by atomic mass is 9.91. The molecule has 1 aliphatic heterocycles. The maximum absolute atomic E-state index is 14.2. The van der Waals surface area contributed by atoms with E-state index in [0.29, 0.717) is 29.0 Å². The third-order valence-electron chi connectivity index (χ3n) is 5.77. The highest BCUT2D eigenvalue weighted by molar-refractivity contribution is 6.11. The number of hydrogen-bond donors (Lipinski definition) is 3. The van der Waals surface area contributed by atoms with Crippen LogP contribution in [0, 0.1) is 11.2 Å². The Morgan fingerprint density at radius 3 is 2.88 bits per heavy atom. The van der Waals surface area contributed by atoms with Gasteiger partial charge >= 0.3 is 0 Å². The molecule has 0 spiro atoms. The average Bonchev–Trinajstić information content (AvgIpc) is 3.09. The summed E-state index contributed by atoms with van der Waals surface area (Å²) in [6.45, 7) is 3.87. The number of hydrogen-bond acceptors (Lipinski definition) is 6. The van der Waals surface area contributed by atoms with Crippen LogP contribution in [0.3, 0.4) is 0 Å². The van der Waals surface area contributed by atoms with E-state index in [0.717, 1.165) is 34.5 Å². The van der Waals surface area contributed by atoms with Crippen molar-refractivity contribution in [2.24, 2.45) is 7.05 Å². The van der Waals surface area contributed by atoms with Crippen molar-refractivity contribution in [1.29, 1.82) is 5.41 Å². The van der Waals surface area contributed by atoms with Crippen molar-refractivity contribution in [3.63, 3.8) is 0 Å². The molecule has 7 nitrogen and oxygen atoms in total. The number of nitrogens with zero attached hydrogens (tertiary/aromatic N) is 3. The topological polar surface area (TPSA) is 102 Å². The van der Waals surface area contributed by atoms with Gasteiger partial charge in [-0.3, -0.25) is 10.1 Å². The first-order valence-corrected chi connectivity index (χ1v) is 10.6. The van der Waals surface area contributed by atoms with Crippen molar-refractivity contribution in [2.75, 3.05) is 12.8 Å². The van der Waals surface area contributed by atoms with E-state index in [9.17, 15) is 4.39 Å². The fourth-order valence-corrected chi connectivity index (χ4v) is 4.18. The van der Waals surface area contributed by atoms with Gasteiger partial charge in [-0.2, -0.15) is 5.10 Å². The Labute approximate surface area is 186 Å².